The van der Waals surface area contributed by atoms with Crippen LogP contribution >= 0.6 is 0 Å². The van der Waals surface area contributed by atoms with E-state index in [4.69, 9.17) is 0 Å². The highest BCUT2D eigenvalue weighted by Crippen LogP contribution is 2.28. The number of allylic oxidation sites excluding steroid dienone is 6. The third-order valence-corrected chi connectivity index (χ3v) is 2.39. The second-order valence-corrected chi connectivity index (χ2v) is 3.75. The smallest absolute Gasteiger partial charge is 0.161 e. The molecule has 0 radical (unpaired) electrons. The Morgan fingerprint density at radius 3 is 2.43 bits per heavy atom. The van der Waals surface area contributed by atoms with Crippen LogP contribution in [0.5, 0.6) is 0 Å². The lowest BCUT2D eigenvalue weighted by molar-refractivity contribution is -0.118. The zero-order valence-electron chi connectivity index (χ0n) is 8.84. The summed E-state index contributed by atoms with van der Waals surface area (Å²) in [5.74, 6) is 0.290. The van der Waals surface area contributed by atoms with Gasteiger partial charge in [0.15, 0.2) is 5.78 Å². The van der Waals surface area contributed by atoms with Crippen LogP contribution in [0.4, 0.5) is 0 Å². The topological polar surface area (TPSA) is 17.1 Å². The molecule has 0 amide bonds. The number of rotatable bonds is 4. The van der Waals surface area contributed by atoms with E-state index in [1.165, 1.54) is 0 Å². The van der Waals surface area contributed by atoms with Gasteiger partial charge in [-0.25, -0.2) is 0 Å². The van der Waals surface area contributed by atoms with Crippen molar-refractivity contribution < 1.29 is 4.79 Å². The second-order valence-electron chi connectivity index (χ2n) is 3.75. The summed E-state index contributed by atoms with van der Waals surface area (Å²) in [6, 6.07) is 0. The molecule has 14 heavy (non-hydrogen) atoms. The van der Waals surface area contributed by atoms with E-state index >= 15 is 0 Å². The van der Waals surface area contributed by atoms with Gasteiger partial charge in [0, 0.05) is 17.9 Å². The van der Waals surface area contributed by atoms with Gasteiger partial charge in [-0.3, -0.25) is 4.79 Å². The highest BCUT2D eigenvalue weighted by atomic mass is 16.1. The minimum atomic E-state index is 0.0662. The molecule has 0 bridgehead atoms. The number of carbonyl (C=O) groups is 1. The van der Waals surface area contributed by atoms with Gasteiger partial charge in [-0.15, -0.1) is 0 Å². The normalized spacial score (nSPS) is 15.8. The molecule has 0 N–H and O–H groups in total. The summed E-state index contributed by atoms with van der Waals surface area (Å²) in [5.41, 5.74) is 3.01. The van der Waals surface area contributed by atoms with Crippen molar-refractivity contribution in [1.29, 1.82) is 0 Å². The van der Waals surface area contributed by atoms with E-state index in [0.29, 0.717) is 6.42 Å². The van der Waals surface area contributed by atoms with Crippen molar-refractivity contribution in [2.45, 2.75) is 20.3 Å². The number of ketones is 1. The Labute approximate surface area is 85.5 Å². The molecule has 1 nitrogen and oxygen atoms in total. The molecule has 0 aromatic carbocycles. The van der Waals surface area contributed by atoms with Gasteiger partial charge >= 0.3 is 0 Å². The first-order valence-electron chi connectivity index (χ1n) is 4.83. The van der Waals surface area contributed by atoms with Crippen molar-refractivity contribution in [2.24, 2.45) is 5.92 Å². The van der Waals surface area contributed by atoms with E-state index in [-0.39, 0.29) is 11.7 Å². The van der Waals surface area contributed by atoms with Gasteiger partial charge in [0.2, 0.25) is 0 Å². The molecule has 0 unspecified atom stereocenters. The average molecular weight is 188 g/mol. The van der Waals surface area contributed by atoms with E-state index in [2.05, 4.69) is 13.2 Å². The summed E-state index contributed by atoms with van der Waals surface area (Å²) in [7, 11) is 0. The van der Waals surface area contributed by atoms with Crippen LogP contribution < -0.4 is 0 Å². The van der Waals surface area contributed by atoms with Gasteiger partial charge in [-0.2, -0.15) is 0 Å². The fraction of sp³-hybridized carbons (Fsp3) is 0.308. The Hall–Kier alpha value is -1.37. The molecule has 0 atom stereocenters. The third kappa shape index (κ3) is 1.92. The molecule has 0 spiro atoms. The standard InChI is InChI=1S/C13H16O/c1-5-10-7-12(8-11(10)6-2)13(14)9(3)4/h5-7,9H,1-2,8H2,3-4H3. The van der Waals surface area contributed by atoms with E-state index in [1.54, 1.807) is 12.2 Å². The lowest BCUT2D eigenvalue weighted by Gasteiger charge is -2.04. The summed E-state index contributed by atoms with van der Waals surface area (Å²) in [5, 5.41) is 0. The fourth-order valence-corrected chi connectivity index (χ4v) is 1.55. The van der Waals surface area contributed by atoms with Gasteiger partial charge in [-0.05, 0) is 17.2 Å². The lowest BCUT2D eigenvalue weighted by Crippen LogP contribution is -2.09. The van der Waals surface area contributed by atoms with Crippen LogP contribution in [0.25, 0.3) is 0 Å². The van der Waals surface area contributed by atoms with E-state index in [1.807, 2.05) is 19.9 Å². The molecule has 74 valence electrons. The zero-order valence-corrected chi connectivity index (χ0v) is 8.84. The molecule has 0 aliphatic heterocycles. The highest BCUT2D eigenvalue weighted by molar-refractivity contribution is 5.98. The molecular weight excluding hydrogens is 172 g/mol. The van der Waals surface area contributed by atoms with Crippen molar-refractivity contribution in [3.8, 4) is 0 Å². The Morgan fingerprint density at radius 2 is 2.07 bits per heavy atom. The van der Waals surface area contributed by atoms with Crippen molar-refractivity contribution >= 4 is 5.78 Å². The Kier molecular flexibility index (Phi) is 3.23. The summed E-state index contributed by atoms with van der Waals surface area (Å²) in [6.07, 6.45) is 6.21. The number of Topliss-reactive ketones (excluding diaryl/α,β-unsaturated/α-hetero) is 1. The van der Waals surface area contributed by atoms with Crippen LogP contribution in [0.3, 0.4) is 0 Å². The Bertz CT molecular complexity index is 340. The molecule has 0 saturated heterocycles. The predicted molar refractivity (Wildman–Crippen MR) is 60.0 cm³/mol. The summed E-state index contributed by atoms with van der Waals surface area (Å²) >= 11 is 0. The molecular formula is C13H16O. The third-order valence-electron chi connectivity index (χ3n) is 2.39. The van der Waals surface area contributed by atoms with Gasteiger partial charge in [0.25, 0.3) is 0 Å². The van der Waals surface area contributed by atoms with Crippen molar-refractivity contribution in [1.82, 2.24) is 0 Å². The fourth-order valence-electron chi connectivity index (χ4n) is 1.55. The van der Waals surface area contributed by atoms with Gasteiger partial charge in [0.05, 0.1) is 0 Å². The zero-order chi connectivity index (χ0) is 10.7. The maximum absolute atomic E-state index is 11.7. The summed E-state index contributed by atoms with van der Waals surface area (Å²) < 4.78 is 0. The van der Waals surface area contributed by atoms with E-state index in [0.717, 1.165) is 16.7 Å². The summed E-state index contributed by atoms with van der Waals surface area (Å²) in [6.45, 7) is 11.3. The largest absolute Gasteiger partial charge is 0.294 e. The number of hydrogen-bond acceptors (Lipinski definition) is 1. The van der Waals surface area contributed by atoms with Crippen LogP contribution in [-0.2, 0) is 4.79 Å². The van der Waals surface area contributed by atoms with Crippen molar-refractivity contribution in [2.75, 3.05) is 0 Å². The summed E-state index contributed by atoms with van der Waals surface area (Å²) in [4.78, 5) is 11.7. The first kappa shape index (κ1) is 10.7. The van der Waals surface area contributed by atoms with Crippen LogP contribution in [-0.4, -0.2) is 5.78 Å². The van der Waals surface area contributed by atoms with Crippen molar-refractivity contribution in [3.05, 3.63) is 48.1 Å². The van der Waals surface area contributed by atoms with Gasteiger partial charge in [0.1, 0.15) is 0 Å². The maximum Gasteiger partial charge on any atom is 0.161 e. The molecule has 0 fully saturated rings. The maximum atomic E-state index is 11.7. The molecule has 0 aromatic rings. The Balaban J connectivity index is 2.89. The monoisotopic (exact) mass is 188 g/mol. The quantitative estimate of drug-likeness (QED) is 0.662. The highest BCUT2D eigenvalue weighted by Gasteiger charge is 2.19. The van der Waals surface area contributed by atoms with Crippen LogP contribution in [0.1, 0.15) is 20.3 Å². The van der Waals surface area contributed by atoms with E-state index in [9.17, 15) is 4.79 Å². The van der Waals surface area contributed by atoms with Crippen LogP contribution in [0, 0.1) is 5.92 Å². The average Bonchev–Trinajstić information content (AvgIpc) is 2.59. The molecule has 1 aliphatic carbocycles. The van der Waals surface area contributed by atoms with E-state index < -0.39 is 0 Å². The lowest BCUT2D eigenvalue weighted by atomic mass is 9.99. The van der Waals surface area contributed by atoms with Gasteiger partial charge < -0.3 is 0 Å². The SMILES string of the molecule is C=CC1=C(C=C)CC(C(=O)C(C)C)=C1. The molecule has 1 aliphatic rings. The number of hydrogen-bond donors (Lipinski definition) is 0. The first-order chi connectivity index (χ1) is 6.60. The molecule has 0 heterocycles. The minimum Gasteiger partial charge on any atom is -0.294 e. The molecule has 0 aromatic heterocycles. The van der Waals surface area contributed by atoms with Crippen LogP contribution in [0.2, 0.25) is 0 Å². The Morgan fingerprint density at radius 1 is 1.43 bits per heavy atom. The minimum absolute atomic E-state index is 0.0662. The first-order valence-corrected chi connectivity index (χ1v) is 4.83. The molecule has 1 heteroatoms. The van der Waals surface area contributed by atoms with Crippen molar-refractivity contribution in [3.63, 3.8) is 0 Å². The number of carbonyl (C=O) groups excluding carboxylic acids is 1. The second kappa shape index (κ2) is 4.23. The van der Waals surface area contributed by atoms with Crippen LogP contribution in [0.15, 0.2) is 48.1 Å². The predicted octanol–water partition coefficient (Wildman–Crippen LogP) is 3.21. The molecule has 0 saturated carbocycles. The molecule has 1 rings (SSSR count). The van der Waals surface area contributed by atoms with Gasteiger partial charge in [-0.1, -0.05) is 39.2 Å².